The highest BCUT2D eigenvalue weighted by Crippen LogP contribution is 2.21. The topological polar surface area (TPSA) is 49.4 Å². The van der Waals surface area contributed by atoms with Gasteiger partial charge in [-0.15, -0.1) is 0 Å². The molecule has 120 valence electrons. The van der Waals surface area contributed by atoms with Crippen molar-refractivity contribution in [2.45, 2.75) is 32.9 Å². The molecule has 0 unspecified atom stereocenters. The van der Waals surface area contributed by atoms with Crippen LogP contribution in [0, 0.1) is 5.82 Å². The van der Waals surface area contributed by atoms with Gasteiger partial charge in [-0.2, -0.15) is 0 Å². The Morgan fingerprint density at radius 2 is 1.90 bits per heavy atom. The number of hydrogen-bond acceptors (Lipinski definition) is 4. The minimum atomic E-state index is -3.02. The fraction of sp³-hybridized carbons (Fsp3) is 0.600. The smallest absolute Gasteiger partial charge is 0.149 e. The van der Waals surface area contributed by atoms with Crippen LogP contribution in [0.15, 0.2) is 18.2 Å². The van der Waals surface area contributed by atoms with Gasteiger partial charge in [-0.05, 0) is 44.5 Å². The maximum absolute atomic E-state index is 13.5. The molecule has 0 saturated heterocycles. The Morgan fingerprint density at radius 3 is 2.43 bits per heavy atom. The molecule has 1 N–H and O–H groups in total. The van der Waals surface area contributed by atoms with Gasteiger partial charge in [0.1, 0.15) is 15.7 Å². The molecule has 1 aromatic carbocycles. The predicted octanol–water partition coefficient (Wildman–Crippen LogP) is 2.19. The standard InChI is InChI=1S/C15H25FN2O2S/c1-15(2,3)17-11-12-10-13(16)6-7-14(12)18(4)8-9-21(5,19)20/h6-7,10,17H,8-9,11H2,1-5H3. The number of nitrogens with zero attached hydrogens (tertiary/aromatic N) is 1. The minimum Gasteiger partial charge on any atom is -0.373 e. The molecule has 0 amide bonds. The lowest BCUT2D eigenvalue weighted by Gasteiger charge is -2.25. The second-order valence-corrected chi connectivity index (χ2v) is 8.69. The average molecular weight is 316 g/mol. The van der Waals surface area contributed by atoms with Crippen molar-refractivity contribution in [3.8, 4) is 0 Å². The summed E-state index contributed by atoms with van der Waals surface area (Å²) in [5.74, 6) is -0.214. The summed E-state index contributed by atoms with van der Waals surface area (Å²) in [6.07, 6.45) is 1.22. The van der Waals surface area contributed by atoms with Gasteiger partial charge in [-0.1, -0.05) is 0 Å². The van der Waals surface area contributed by atoms with Crippen molar-refractivity contribution in [3.63, 3.8) is 0 Å². The monoisotopic (exact) mass is 316 g/mol. The van der Waals surface area contributed by atoms with Gasteiger partial charge in [-0.3, -0.25) is 0 Å². The molecule has 0 aliphatic rings. The van der Waals surface area contributed by atoms with Gasteiger partial charge in [0.15, 0.2) is 0 Å². The molecule has 1 aromatic rings. The molecule has 0 fully saturated rings. The summed E-state index contributed by atoms with van der Waals surface area (Å²) < 4.78 is 36.0. The van der Waals surface area contributed by atoms with Gasteiger partial charge in [0.25, 0.3) is 0 Å². The van der Waals surface area contributed by atoms with E-state index in [0.717, 1.165) is 11.3 Å². The van der Waals surface area contributed by atoms with Crippen molar-refractivity contribution in [2.75, 3.05) is 30.5 Å². The van der Waals surface area contributed by atoms with Gasteiger partial charge in [0.05, 0.1) is 5.75 Å². The Hall–Kier alpha value is -1.14. The zero-order valence-electron chi connectivity index (χ0n) is 13.4. The van der Waals surface area contributed by atoms with Crippen LogP contribution in [0.4, 0.5) is 10.1 Å². The fourth-order valence-corrected chi connectivity index (χ4v) is 2.46. The zero-order valence-corrected chi connectivity index (χ0v) is 14.2. The van der Waals surface area contributed by atoms with Gasteiger partial charge in [0.2, 0.25) is 0 Å². The Labute approximate surface area is 127 Å². The molecule has 0 radical (unpaired) electrons. The lowest BCUT2D eigenvalue weighted by atomic mass is 10.1. The van der Waals surface area contributed by atoms with Crippen molar-refractivity contribution < 1.29 is 12.8 Å². The number of benzene rings is 1. The van der Waals surface area contributed by atoms with E-state index in [4.69, 9.17) is 0 Å². The minimum absolute atomic E-state index is 0.0745. The predicted molar refractivity (Wildman–Crippen MR) is 86.0 cm³/mol. The van der Waals surface area contributed by atoms with Crippen LogP contribution in [0.1, 0.15) is 26.3 Å². The summed E-state index contributed by atoms with van der Waals surface area (Å²) in [4.78, 5) is 1.85. The third-order valence-corrected chi connectivity index (χ3v) is 3.98. The lowest BCUT2D eigenvalue weighted by molar-refractivity contribution is 0.423. The van der Waals surface area contributed by atoms with Crippen LogP contribution in [-0.4, -0.2) is 39.6 Å². The summed E-state index contributed by atoms with van der Waals surface area (Å²) >= 11 is 0. The molecule has 0 aromatic heterocycles. The van der Waals surface area contributed by atoms with Crippen LogP contribution in [-0.2, 0) is 16.4 Å². The van der Waals surface area contributed by atoms with Gasteiger partial charge < -0.3 is 10.2 Å². The molecule has 1 rings (SSSR count). The summed E-state index contributed by atoms with van der Waals surface area (Å²) in [5, 5.41) is 3.32. The van der Waals surface area contributed by atoms with Gasteiger partial charge in [-0.25, -0.2) is 12.8 Å². The highest BCUT2D eigenvalue weighted by atomic mass is 32.2. The van der Waals surface area contributed by atoms with Crippen LogP contribution < -0.4 is 10.2 Å². The molecule has 21 heavy (non-hydrogen) atoms. The summed E-state index contributed by atoms with van der Waals surface area (Å²) in [6.45, 7) is 7.03. The van der Waals surface area contributed by atoms with Crippen LogP contribution >= 0.6 is 0 Å². The highest BCUT2D eigenvalue weighted by molar-refractivity contribution is 7.90. The summed E-state index contributed by atoms with van der Waals surface area (Å²) in [6, 6.07) is 4.58. The SMILES string of the molecule is CN(CCS(C)(=O)=O)c1ccc(F)cc1CNC(C)(C)C. The number of halogens is 1. The van der Waals surface area contributed by atoms with Crippen molar-refractivity contribution in [1.29, 1.82) is 0 Å². The Bertz CT molecular complexity index is 580. The summed E-state index contributed by atoms with van der Waals surface area (Å²) in [7, 11) is -1.20. The first-order valence-corrected chi connectivity index (χ1v) is 8.96. The highest BCUT2D eigenvalue weighted by Gasteiger charge is 2.14. The Morgan fingerprint density at radius 1 is 1.29 bits per heavy atom. The van der Waals surface area contributed by atoms with E-state index in [9.17, 15) is 12.8 Å². The zero-order chi connectivity index (χ0) is 16.3. The largest absolute Gasteiger partial charge is 0.373 e. The molecule has 0 aliphatic carbocycles. The molecule has 0 aliphatic heterocycles. The molecular weight excluding hydrogens is 291 g/mol. The molecule has 4 nitrogen and oxygen atoms in total. The van der Waals surface area contributed by atoms with E-state index in [1.165, 1.54) is 18.4 Å². The maximum Gasteiger partial charge on any atom is 0.149 e. The normalized spacial score (nSPS) is 12.5. The molecule has 0 saturated carbocycles. The second kappa shape index (κ2) is 6.75. The quantitative estimate of drug-likeness (QED) is 0.874. The van der Waals surface area contributed by atoms with E-state index in [1.807, 2.05) is 32.7 Å². The number of anilines is 1. The fourth-order valence-electron chi connectivity index (χ4n) is 1.85. The van der Waals surface area contributed by atoms with Gasteiger partial charge in [0, 0.05) is 37.6 Å². The van der Waals surface area contributed by atoms with Crippen LogP contribution in [0.2, 0.25) is 0 Å². The third kappa shape index (κ3) is 6.91. The van der Waals surface area contributed by atoms with E-state index in [0.29, 0.717) is 13.1 Å². The lowest BCUT2D eigenvalue weighted by Crippen LogP contribution is -2.36. The van der Waals surface area contributed by atoms with Crippen molar-refractivity contribution >= 4 is 15.5 Å². The van der Waals surface area contributed by atoms with Crippen molar-refractivity contribution in [2.24, 2.45) is 0 Å². The first-order chi connectivity index (χ1) is 9.48. The molecule has 6 heteroatoms. The van der Waals surface area contributed by atoms with E-state index < -0.39 is 9.84 Å². The molecule has 0 atom stereocenters. The van der Waals surface area contributed by atoms with E-state index >= 15 is 0 Å². The van der Waals surface area contributed by atoms with Crippen LogP contribution in [0.3, 0.4) is 0 Å². The third-order valence-electron chi connectivity index (χ3n) is 3.06. The number of nitrogens with one attached hydrogen (secondary N) is 1. The van der Waals surface area contributed by atoms with Crippen molar-refractivity contribution in [3.05, 3.63) is 29.6 Å². The molecular formula is C15H25FN2O2S. The summed E-state index contributed by atoms with van der Waals surface area (Å²) in [5.41, 5.74) is 1.59. The second-order valence-electron chi connectivity index (χ2n) is 6.43. The van der Waals surface area contributed by atoms with Crippen LogP contribution in [0.5, 0.6) is 0 Å². The first-order valence-electron chi connectivity index (χ1n) is 6.90. The molecule has 0 heterocycles. The van der Waals surface area contributed by atoms with E-state index in [-0.39, 0.29) is 17.1 Å². The molecule has 0 spiro atoms. The van der Waals surface area contributed by atoms with Crippen LogP contribution in [0.25, 0.3) is 0 Å². The van der Waals surface area contributed by atoms with E-state index in [1.54, 1.807) is 6.07 Å². The van der Waals surface area contributed by atoms with E-state index in [2.05, 4.69) is 5.32 Å². The maximum atomic E-state index is 13.5. The number of rotatable bonds is 6. The Kier molecular flexibility index (Phi) is 5.75. The molecule has 0 bridgehead atoms. The number of hydrogen-bond donors (Lipinski definition) is 1. The number of sulfone groups is 1. The Balaban J connectivity index is 2.90. The van der Waals surface area contributed by atoms with Gasteiger partial charge >= 0.3 is 0 Å². The average Bonchev–Trinajstić information content (AvgIpc) is 2.32. The van der Waals surface area contributed by atoms with Crippen molar-refractivity contribution in [1.82, 2.24) is 5.32 Å². The first kappa shape index (κ1) is 17.9.